The molecule has 5 heteroatoms. The summed E-state index contributed by atoms with van der Waals surface area (Å²) in [5, 5.41) is 0. The van der Waals surface area contributed by atoms with Gasteiger partial charge in [-0.1, -0.05) is 0 Å². The SMILES string of the molecule is CCCCCCC[CH2][Sn]([CH2]CCCCCCC)([O]c1cccc(CC)c1C)[O][Sn]([CH2]CCCCCCC)([CH2]CCCCCCC)[O]c1cccc(CC)c1C. The van der Waals surface area contributed by atoms with E-state index in [1.165, 1.54) is 176 Å². The number of benzene rings is 2. The normalized spacial score (nSPS) is 12.1. The number of hydrogen-bond donors (Lipinski definition) is 0. The van der Waals surface area contributed by atoms with Gasteiger partial charge in [0, 0.05) is 0 Å². The van der Waals surface area contributed by atoms with Crippen LogP contribution in [0.4, 0.5) is 0 Å². The molecule has 0 radical (unpaired) electrons. The topological polar surface area (TPSA) is 27.7 Å². The molecule has 0 N–H and O–H groups in total. The molecule has 0 aliphatic carbocycles. The monoisotopic (exact) mass is 978 g/mol. The van der Waals surface area contributed by atoms with Crippen LogP contribution in [0.3, 0.4) is 0 Å². The van der Waals surface area contributed by atoms with Gasteiger partial charge in [-0.25, -0.2) is 0 Å². The molecule has 2 aromatic rings. The van der Waals surface area contributed by atoms with Gasteiger partial charge in [-0.3, -0.25) is 0 Å². The first-order valence-corrected chi connectivity index (χ1v) is 36.8. The Morgan fingerprint density at radius 3 is 0.909 bits per heavy atom. The Balaban J connectivity index is 2.70. The molecule has 0 unspecified atom stereocenters. The van der Waals surface area contributed by atoms with Crippen molar-refractivity contribution < 1.29 is 7.56 Å². The third-order valence-corrected chi connectivity index (χ3v) is 44.6. The van der Waals surface area contributed by atoms with Gasteiger partial charge in [-0.15, -0.1) is 0 Å². The molecule has 0 bridgehead atoms. The summed E-state index contributed by atoms with van der Waals surface area (Å²) in [6.07, 6.45) is 33.5. The van der Waals surface area contributed by atoms with E-state index in [1.807, 2.05) is 0 Å². The molecule has 0 aliphatic heterocycles. The molecular weight excluding hydrogens is 886 g/mol. The first-order valence-electron chi connectivity index (χ1n) is 24.1. The summed E-state index contributed by atoms with van der Waals surface area (Å²) in [4.78, 5) is 0. The third kappa shape index (κ3) is 20.4. The summed E-state index contributed by atoms with van der Waals surface area (Å²) in [6, 6.07) is 13.6. The molecule has 0 fully saturated rings. The van der Waals surface area contributed by atoms with Crippen molar-refractivity contribution in [2.45, 2.75) is 240 Å². The van der Waals surface area contributed by atoms with Crippen LogP contribution in [0.1, 0.15) is 218 Å². The van der Waals surface area contributed by atoms with Crippen LogP contribution in [0.5, 0.6) is 11.5 Å². The quantitative estimate of drug-likeness (QED) is 0.0503. The van der Waals surface area contributed by atoms with Crippen LogP contribution in [0.2, 0.25) is 17.7 Å². The third-order valence-electron chi connectivity index (χ3n) is 12.2. The van der Waals surface area contributed by atoms with Crippen molar-refractivity contribution in [2.24, 2.45) is 0 Å². The second-order valence-corrected chi connectivity index (χ2v) is 38.7. The van der Waals surface area contributed by atoms with Crippen molar-refractivity contribution in [2.75, 3.05) is 0 Å². The zero-order chi connectivity index (χ0) is 40.0. The van der Waals surface area contributed by atoms with Crippen molar-refractivity contribution in [3.63, 3.8) is 0 Å². The van der Waals surface area contributed by atoms with Crippen LogP contribution in [0, 0.1) is 13.8 Å². The number of hydrogen-bond acceptors (Lipinski definition) is 3. The zero-order valence-electron chi connectivity index (χ0n) is 37.9. The van der Waals surface area contributed by atoms with Crippen LogP contribution >= 0.6 is 0 Å². The van der Waals surface area contributed by atoms with E-state index in [2.05, 4.69) is 91.8 Å². The Labute approximate surface area is 353 Å². The fourth-order valence-corrected chi connectivity index (χ4v) is 49.3. The van der Waals surface area contributed by atoms with Gasteiger partial charge in [-0.2, -0.15) is 0 Å². The zero-order valence-corrected chi connectivity index (χ0v) is 43.6. The molecule has 2 rings (SSSR count). The minimum absolute atomic E-state index is 1.04. The summed E-state index contributed by atoms with van der Waals surface area (Å²) in [7, 11) is 0. The Hall–Kier alpha value is -0.403. The predicted octanol–water partition coefficient (Wildman–Crippen LogP) is 17.2. The molecular formula is C50H90O3Sn2. The van der Waals surface area contributed by atoms with Crippen LogP contribution in [-0.2, 0) is 14.3 Å². The van der Waals surface area contributed by atoms with E-state index in [9.17, 15) is 0 Å². The average molecular weight is 977 g/mol. The molecule has 55 heavy (non-hydrogen) atoms. The average Bonchev–Trinajstić information content (AvgIpc) is 3.19. The molecule has 316 valence electrons. The number of aryl methyl sites for hydroxylation is 2. The van der Waals surface area contributed by atoms with Crippen molar-refractivity contribution in [3.8, 4) is 11.5 Å². The molecule has 0 saturated heterocycles. The van der Waals surface area contributed by atoms with Gasteiger partial charge in [0.1, 0.15) is 0 Å². The van der Waals surface area contributed by atoms with Crippen LogP contribution in [0.25, 0.3) is 0 Å². The molecule has 0 aromatic heterocycles. The maximum atomic E-state index is 8.38. The molecule has 0 heterocycles. The second kappa shape index (κ2) is 31.5. The van der Waals surface area contributed by atoms with Crippen molar-refractivity contribution in [3.05, 3.63) is 58.7 Å². The predicted molar refractivity (Wildman–Crippen MR) is 248 cm³/mol. The molecule has 2 aromatic carbocycles. The molecule has 0 amide bonds. The van der Waals surface area contributed by atoms with E-state index < -0.39 is 38.4 Å². The van der Waals surface area contributed by atoms with Gasteiger partial charge >= 0.3 is 356 Å². The molecule has 0 atom stereocenters. The number of rotatable bonds is 36. The summed E-state index contributed by atoms with van der Waals surface area (Å²) >= 11 is -7.68. The van der Waals surface area contributed by atoms with Crippen molar-refractivity contribution in [1.82, 2.24) is 0 Å². The Bertz CT molecular complexity index is 1100. The van der Waals surface area contributed by atoms with E-state index in [4.69, 9.17) is 7.56 Å². The van der Waals surface area contributed by atoms with Gasteiger partial charge in [0.25, 0.3) is 0 Å². The fourth-order valence-electron chi connectivity index (χ4n) is 8.45. The molecule has 3 nitrogen and oxygen atoms in total. The van der Waals surface area contributed by atoms with E-state index in [-0.39, 0.29) is 0 Å². The Kier molecular flexibility index (Phi) is 29.1. The van der Waals surface area contributed by atoms with Gasteiger partial charge in [0.05, 0.1) is 0 Å². The fraction of sp³-hybridized carbons (Fsp3) is 0.760. The van der Waals surface area contributed by atoms with Gasteiger partial charge in [0.15, 0.2) is 0 Å². The van der Waals surface area contributed by atoms with Gasteiger partial charge in [-0.05, 0) is 0 Å². The maximum absolute atomic E-state index is 8.38. The first-order chi connectivity index (χ1) is 26.8. The summed E-state index contributed by atoms with van der Waals surface area (Å²) < 4.78 is 28.6. The summed E-state index contributed by atoms with van der Waals surface area (Å²) in [6.45, 7) is 18.5. The minimum atomic E-state index is -3.84. The first kappa shape index (κ1) is 50.7. The molecule has 0 spiro atoms. The van der Waals surface area contributed by atoms with Gasteiger partial charge in [0.2, 0.25) is 0 Å². The summed E-state index contributed by atoms with van der Waals surface area (Å²) in [5.74, 6) is 2.24. The molecule has 0 saturated carbocycles. The number of unbranched alkanes of at least 4 members (excludes halogenated alkanes) is 20. The van der Waals surface area contributed by atoms with E-state index in [0.29, 0.717) is 0 Å². The van der Waals surface area contributed by atoms with Crippen LogP contribution in [-0.4, -0.2) is 38.4 Å². The Morgan fingerprint density at radius 2 is 0.636 bits per heavy atom. The van der Waals surface area contributed by atoms with E-state index in [1.54, 1.807) is 0 Å². The summed E-state index contributed by atoms with van der Waals surface area (Å²) in [5.41, 5.74) is 5.49. The standard InChI is InChI=1S/2C9H12O.4C8H17.O.2Sn/c2*1-3-8-5-4-6-9(10)7(8)2;4*1-3-5-7-8-6-4-2;;;/h2*4-6,10H,3H2,1-2H3;4*1,3-8H2,2H3;;;/q;;;;;;;2*+1/p-2. The van der Waals surface area contributed by atoms with Crippen LogP contribution < -0.4 is 6.15 Å². The second-order valence-electron chi connectivity index (χ2n) is 17.0. The molecule has 0 aliphatic rings. The van der Waals surface area contributed by atoms with Gasteiger partial charge < -0.3 is 0 Å². The van der Waals surface area contributed by atoms with Crippen molar-refractivity contribution in [1.29, 1.82) is 0 Å². The van der Waals surface area contributed by atoms with E-state index in [0.717, 1.165) is 42.1 Å². The van der Waals surface area contributed by atoms with E-state index >= 15 is 0 Å². The van der Waals surface area contributed by atoms with Crippen LogP contribution in [0.15, 0.2) is 36.4 Å². The van der Waals surface area contributed by atoms with Crippen molar-refractivity contribution >= 4 is 38.4 Å². The Morgan fingerprint density at radius 1 is 0.364 bits per heavy atom.